The number of hydrogen-bond acceptors (Lipinski definition) is 7. The highest BCUT2D eigenvalue weighted by atomic mass is 32.1. The van der Waals surface area contributed by atoms with Gasteiger partial charge < -0.3 is 16.8 Å². The third kappa shape index (κ3) is 5.65. The Hall–Kier alpha value is -4.31. The third-order valence-electron chi connectivity index (χ3n) is 6.12. The van der Waals surface area contributed by atoms with Crippen molar-refractivity contribution >= 4 is 51.5 Å². The Morgan fingerprint density at radius 2 is 1.87 bits per heavy atom. The van der Waals surface area contributed by atoms with Crippen LogP contribution in [0.4, 0.5) is 11.4 Å². The maximum Gasteiger partial charge on any atom is 0.273 e. The highest BCUT2D eigenvalue weighted by Gasteiger charge is 2.36. The van der Waals surface area contributed by atoms with Crippen LogP contribution in [0.1, 0.15) is 57.6 Å². The molecule has 4 aromatic rings. The number of anilines is 2. The molecule has 38 heavy (non-hydrogen) atoms. The molecule has 0 saturated carbocycles. The van der Waals surface area contributed by atoms with E-state index in [9.17, 15) is 14.4 Å². The molecule has 0 aliphatic rings. The molecular weight excluding hydrogens is 500 g/mol. The van der Waals surface area contributed by atoms with Gasteiger partial charge in [0.25, 0.3) is 11.8 Å². The molecule has 2 heterocycles. The second-order valence-corrected chi connectivity index (χ2v) is 10.3. The van der Waals surface area contributed by atoms with Crippen molar-refractivity contribution in [1.29, 1.82) is 0 Å². The molecule has 0 aliphatic carbocycles. The minimum Gasteiger partial charge on any atom is -0.395 e. The van der Waals surface area contributed by atoms with Gasteiger partial charge in [-0.05, 0) is 72.3 Å². The predicted molar refractivity (Wildman–Crippen MR) is 150 cm³/mol. The van der Waals surface area contributed by atoms with Gasteiger partial charge in [-0.1, -0.05) is 38.1 Å². The molecule has 0 unspecified atom stereocenters. The fraction of sp³-hybridized carbons (Fsp3) is 0.250. The average Bonchev–Trinajstić information content (AvgIpc) is 3.27. The summed E-state index contributed by atoms with van der Waals surface area (Å²) in [4.78, 5) is 45.6. The van der Waals surface area contributed by atoms with Crippen LogP contribution >= 0.6 is 11.5 Å². The molecule has 4 rings (SSSR count). The number of nitrogens with zero attached hydrogens (tertiary/aromatic N) is 3. The van der Waals surface area contributed by atoms with Gasteiger partial charge in [-0.2, -0.15) is 4.37 Å². The van der Waals surface area contributed by atoms with Gasteiger partial charge in [0.1, 0.15) is 10.9 Å². The van der Waals surface area contributed by atoms with Gasteiger partial charge in [0.15, 0.2) is 5.69 Å². The highest BCUT2D eigenvalue weighted by molar-refractivity contribution is 7.09. The molecule has 0 fully saturated rings. The van der Waals surface area contributed by atoms with Gasteiger partial charge in [0.2, 0.25) is 5.91 Å². The van der Waals surface area contributed by atoms with E-state index in [4.69, 9.17) is 11.5 Å². The number of fused-ring (bicyclic) bond motifs is 1. The largest absolute Gasteiger partial charge is 0.395 e. The lowest BCUT2D eigenvalue weighted by Gasteiger charge is -2.31. The zero-order valence-corrected chi connectivity index (χ0v) is 22.3. The normalized spacial score (nSPS) is 11.9. The first-order valence-electron chi connectivity index (χ1n) is 12.2. The van der Waals surface area contributed by atoms with Crippen LogP contribution in [0.5, 0.6) is 0 Å². The van der Waals surface area contributed by atoms with Crippen molar-refractivity contribution in [2.24, 2.45) is 11.7 Å². The Morgan fingerprint density at radius 3 is 2.55 bits per heavy atom. The fourth-order valence-corrected chi connectivity index (χ4v) is 4.90. The number of benzene rings is 2. The quantitative estimate of drug-likeness (QED) is 0.295. The van der Waals surface area contributed by atoms with Crippen LogP contribution in [0.3, 0.4) is 0 Å². The first-order chi connectivity index (χ1) is 18.2. The van der Waals surface area contributed by atoms with E-state index in [0.29, 0.717) is 23.7 Å². The van der Waals surface area contributed by atoms with E-state index in [-0.39, 0.29) is 22.2 Å². The molecule has 2 aromatic heterocycles. The number of nitrogens with two attached hydrogens (primary N) is 2. The summed E-state index contributed by atoms with van der Waals surface area (Å²) in [6.45, 7) is 6.50. The number of primary amides is 1. The lowest BCUT2D eigenvalue weighted by Crippen LogP contribution is -2.44. The standard InChI is InChI=1S/C28H30N6O3S/c1-16(2)11-13-32-27(36)24(19-9-10-21-18(15-19)7-5-12-31-21)34(20-8-4-6-17(3)14-20)28(37)25-22(29)23(26(30)35)33-38-25/h4-10,12,14-16,24H,11,13,29H2,1-3H3,(H2,30,35)(H,32,36)/t24-/m1/s1. The van der Waals surface area contributed by atoms with Crippen LogP contribution in [0.15, 0.2) is 60.8 Å². The Balaban J connectivity index is 1.89. The van der Waals surface area contributed by atoms with Crippen molar-refractivity contribution in [3.05, 3.63) is 82.5 Å². The number of hydrogen-bond donors (Lipinski definition) is 3. The summed E-state index contributed by atoms with van der Waals surface area (Å²) in [7, 11) is 0. The van der Waals surface area contributed by atoms with Gasteiger partial charge in [-0.25, -0.2) is 0 Å². The van der Waals surface area contributed by atoms with Crippen LogP contribution in [-0.4, -0.2) is 33.6 Å². The number of pyridine rings is 1. The van der Waals surface area contributed by atoms with E-state index >= 15 is 0 Å². The molecule has 0 spiro atoms. The van der Waals surface area contributed by atoms with Gasteiger partial charge in [0.05, 0.1) is 11.2 Å². The van der Waals surface area contributed by atoms with E-state index in [1.54, 1.807) is 18.3 Å². The first kappa shape index (κ1) is 26.7. The molecule has 0 saturated heterocycles. The number of nitrogen functional groups attached to an aromatic ring is 1. The smallest absolute Gasteiger partial charge is 0.273 e. The Kier molecular flexibility index (Phi) is 8.02. The molecule has 9 nitrogen and oxygen atoms in total. The van der Waals surface area contributed by atoms with Gasteiger partial charge in [-0.15, -0.1) is 0 Å². The van der Waals surface area contributed by atoms with E-state index < -0.39 is 17.9 Å². The van der Waals surface area contributed by atoms with E-state index in [1.807, 2.05) is 49.4 Å². The van der Waals surface area contributed by atoms with Crippen molar-refractivity contribution in [1.82, 2.24) is 14.7 Å². The molecule has 5 N–H and O–H groups in total. The zero-order chi connectivity index (χ0) is 27.4. The monoisotopic (exact) mass is 530 g/mol. The Bertz CT molecular complexity index is 1500. The number of aromatic nitrogens is 2. The molecule has 1 atom stereocenters. The second kappa shape index (κ2) is 11.4. The number of aryl methyl sites for hydroxylation is 1. The molecular formula is C28H30N6O3S. The topological polar surface area (TPSA) is 144 Å². The third-order valence-corrected chi connectivity index (χ3v) is 6.98. The van der Waals surface area contributed by atoms with Gasteiger partial charge in [-0.3, -0.25) is 24.3 Å². The molecule has 196 valence electrons. The zero-order valence-electron chi connectivity index (χ0n) is 21.5. The van der Waals surface area contributed by atoms with Crippen molar-refractivity contribution in [2.75, 3.05) is 17.2 Å². The molecule has 3 amide bonds. The molecule has 0 bridgehead atoms. The van der Waals surface area contributed by atoms with Crippen LogP contribution in [0.2, 0.25) is 0 Å². The Labute approximate surface area is 225 Å². The van der Waals surface area contributed by atoms with Crippen LogP contribution < -0.4 is 21.7 Å². The summed E-state index contributed by atoms with van der Waals surface area (Å²) in [5.41, 5.74) is 14.0. The maximum atomic E-state index is 14.2. The van der Waals surface area contributed by atoms with Gasteiger partial charge in [0, 0.05) is 23.8 Å². The van der Waals surface area contributed by atoms with E-state index in [2.05, 4.69) is 28.5 Å². The second-order valence-electron chi connectivity index (χ2n) is 9.48. The number of nitrogens with one attached hydrogen (secondary N) is 1. The van der Waals surface area contributed by atoms with E-state index in [1.165, 1.54) is 4.90 Å². The summed E-state index contributed by atoms with van der Waals surface area (Å²) in [6.07, 6.45) is 2.48. The number of carbonyl (C=O) groups is 3. The molecule has 0 radical (unpaired) electrons. The van der Waals surface area contributed by atoms with Crippen molar-refractivity contribution < 1.29 is 14.4 Å². The summed E-state index contributed by atoms with van der Waals surface area (Å²) >= 11 is 0.780. The minimum absolute atomic E-state index is 0.0303. The number of amides is 3. The first-order valence-corrected chi connectivity index (χ1v) is 13.0. The van der Waals surface area contributed by atoms with Gasteiger partial charge >= 0.3 is 0 Å². The summed E-state index contributed by atoms with van der Waals surface area (Å²) in [6, 6.07) is 15.4. The predicted octanol–water partition coefficient (Wildman–Crippen LogP) is 4.23. The molecule has 0 aliphatic heterocycles. The fourth-order valence-electron chi connectivity index (χ4n) is 4.16. The van der Waals surface area contributed by atoms with Crippen LogP contribution in [0, 0.1) is 12.8 Å². The van der Waals surface area contributed by atoms with E-state index in [0.717, 1.165) is 34.4 Å². The summed E-state index contributed by atoms with van der Waals surface area (Å²) in [5.74, 6) is -1.35. The SMILES string of the molecule is Cc1cccc(N(C(=O)c2snc(C(N)=O)c2N)[C@@H](C(=O)NCCC(C)C)c2ccc3ncccc3c2)c1. The highest BCUT2D eigenvalue weighted by Crippen LogP contribution is 2.34. The minimum atomic E-state index is -1.04. The van der Waals surface area contributed by atoms with Crippen molar-refractivity contribution in [2.45, 2.75) is 33.2 Å². The summed E-state index contributed by atoms with van der Waals surface area (Å²) < 4.78 is 4.00. The lowest BCUT2D eigenvalue weighted by atomic mass is 9.99. The maximum absolute atomic E-state index is 14.2. The number of rotatable bonds is 9. The average molecular weight is 531 g/mol. The number of carbonyl (C=O) groups excluding carboxylic acids is 3. The summed E-state index contributed by atoms with van der Waals surface area (Å²) in [5, 5.41) is 3.83. The van der Waals surface area contributed by atoms with Crippen LogP contribution in [0.25, 0.3) is 10.9 Å². The molecule has 2 aromatic carbocycles. The van der Waals surface area contributed by atoms with Crippen LogP contribution in [-0.2, 0) is 4.79 Å². The van der Waals surface area contributed by atoms with Crippen molar-refractivity contribution in [3.63, 3.8) is 0 Å². The molecule has 10 heteroatoms. The Morgan fingerprint density at radius 1 is 1.08 bits per heavy atom. The lowest BCUT2D eigenvalue weighted by molar-refractivity contribution is -0.122. The van der Waals surface area contributed by atoms with Crippen molar-refractivity contribution in [3.8, 4) is 0 Å².